The van der Waals surface area contributed by atoms with Crippen molar-refractivity contribution in [3.8, 4) is 55.6 Å². The highest BCUT2D eigenvalue weighted by molar-refractivity contribution is 6.04. The Labute approximate surface area is 364 Å². The van der Waals surface area contributed by atoms with Gasteiger partial charge in [0.05, 0.1) is 16.8 Å². The van der Waals surface area contributed by atoms with Gasteiger partial charge in [-0.05, 0) is 103 Å². The van der Waals surface area contributed by atoms with Crippen LogP contribution in [0.5, 0.6) is 0 Å². The van der Waals surface area contributed by atoms with E-state index < -0.39 is 5.41 Å². The Bertz CT molecular complexity index is 3200. The molecule has 1 nitrogen and oxygen atoms in total. The van der Waals surface area contributed by atoms with Crippen molar-refractivity contribution in [2.75, 3.05) is 4.90 Å². The summed E-state index contributed by atoms with van der Waals surface area (Å²) in [5, 5.41) is 0. The Morgan fingerprint density at radius 2 is 0.919 bits per heavy atom. The molecule has 292 valence electrons. The van der Waals surface area contributed by atoms with Gasteiger partial charge in [-0.1, -0.05) is 218 Å². The zero-order valence-corrected chi connectivity index (χ0v) is 34.3. The highest BCUT2D eigenvalue weighted by Gasteiger charge is 2.53. The smallest absolute Gasteiger partial charge is 0.0726 e. The minimum absolute atomic E-state index is 0.315. The lowest BCUT2D eigenvalue weighted by Crippen LogP contribution is -2.26. The summed E-state index contributed by atoms with van der Waals surface area (Å²) in [6, 6.07) is 81.2. The van der Waals surface area contributed by atoms with Crippen LogP contribution in [-0.2, 0) is 5.41 Å². The molecule has 1 spiro atoms. The zero-order chi connectivity index (χ0) is 41.0. The summed E-state index contributed by atoms with van der Waals surface area (Å²) >= 11 is 0. The van der Waals surface area contributed by atoms with Gasteiger partial charge in [0.15, 0.2) is 0 Å². The summed E-state index contributed by atoms with van der Waals surface area (Å²) in [7, 11) is 0. The molecule has 3 aliphatic carbocycles. The minimum atomic E-state index is -0.538. The van der Waals surface area contributed by atoms with Gasteiger partial charge in [0, 0.05) is 22.7 Å². The summed E-state index contributed by atoms with van der Waals surface area (Å²) in [5.74, 6) is 0.315. The molecule has 9 aromatic carbocycles. The monoisotopic (exact) mass is 789 g/mol. The van der Waals surface area contributed by atoms with Crippen LogP contribution in [0.1, 0.15) is 40.2 Å². The average Bonchev–Trinajstić information content (AvgIpc) is 3.83. The quantitative estimate of drug-likeness (QED) is 0.155. The molecule has 9 aromatic rings. The number of benzene rings is 9. The van der Waals surface area contributed by atoms with Gasteiger partial charge in [0.1, 0.15) is 0 Å². The highest BCUT2D eigenvalue weighted by atomic mass is 15.1. The fourth-order valence-corrected chi connectivity index (χ4v) is 10.8. The van der Waals surface area contributed by atoms with Crippen molar-refractivity contribution in [1.29, 1.82) is 0 Å². The lowest BCUT2D eigenvalue weighted by Gasteiger charge is -2.32. The predicted octanol–water partition coefficient (Wildman–Crippen LogP) is 16.1. The summed E-state index contributed by atoms with van der Waals surface area (Å²) in [4.78, 5) is 2.52. The Kier molecular flexibility index (Phi) is 8.61. The normalized spacial score (nSPS) is 16.4. The predicted molar refractivity (Wildman–Crippen MR) is 259 cm³/mol. The highest BCUT2D eigenvalue weighted by Crippen LogP contribution is 2.66. The maximum atomic E-state index is 2.56. The molecule has 1 heteroatoms. The van der Waals surface area contributed by atoms with Crippen LogP contribution in [0.15, 0.2) is 243 Å². The molecule has 3 aliphatic rings. The molecule has 2 atom stereocenters. The molecular formula is C61H43N. The third kappa shape index (κ3) is 5.55. The number of hydrogen-bond donors (Lipinski definition) is 0. The van der Waals surface area contributed by atoms with E-state index in [1.165, 1.54) is 83.5 Å². The standard InChI is InChI=1S/C61H43N/c1-5-19-42(20-6-1)44-35-38-48(39-36-44)62(57-33-16-14-27-49(57)45-23-9-3-10-24-45)58-34-18-32-55-60(58)52-40-37-47(43-21-7-2-8-22-43)41-56(52)61(55)53-30-15-13-28-51(53)59-50(29-17-31-54(59)61)46-25-11-4-12-26-46/h1-21,23-41,43H,22H2. The zero-order valence-electron chi connectivity index (χ0n) is 34.3. The Hall–Kier alpha value is -7.74. The molecule has 0 aromatic heterocycles. The number of fused-ring (bicyclic) bond motifs is 10. The second-order valence-electron chi connectivity index (χ2n) is 16.7. The van der Waals surface area contributed by atoms with Crippen LogP contribution >= 0.6 is 0 Å². The van der Waals surface area contributed by atoms with Crippen molar-refractivity contribution < 1.29 is 0 Å². The van der Waals surface area contributed by atoms with Crippen LogP contribution in [0.2, 0.25) is 0 Å². The molecular weight excluding hydrogens is 747 g/mol. The molecule has 0 amide bonds. The lowest BCUT2D eigenvalue weighted by atomic mass is 9.70. The molecule has 0 aliphatic heterocycles. The van der Waals surface area contributed by atoms with Gasteiger partial charge in [-0.2, -0.15) is 0 Å². The topological polar surface area (TPSA) is 3.24 Å². The number of allylic oxidation sites excluding steroid dienone is 4. The third-order valence-electron chi connectivity index (χ3n) is 13.4. The molecule has 0 saturated carbocycles. The van der Waals surface area contributed by atoms with Gasteiger partial charge in [0.25, 0.3) is 0 Å². The van der Waals surface area contributed by atoms with Crippen molar-refractivity contribution >= 4 is 17.1 Å². The summed E-state index contributed by atoms with van der Waals surface area (Å²) in [6.07, 6.45) is 10.1. The van der Waals surface area contributed by atoms with Crippen LogP contribution < -0.4 is 4.90 Å². The Balaban J connectivity index is 1.16. The number of rotatable bonds is 7. The lowest BCUT2D eigenvalue weighted by molar-refractivity contribution is 0.784. The first-order valence-corrected chi connectivity index (χ1v) is 21.8. The maximum Gasteiger partial charge on any atom is 0.0726 e. The Morgan fingerprint density at radius 1 is 0.371 bits per heavy atom. The van der Waals surface area contributed by atoms with E-state index in [0.717, 1.165) is 23.5 Å². The molecule has 2 unspecified atom stereocenters. The van der Waals surface area contributed by atoms with Crippen LogP contribution in [0.4, 0.5) is 17.1 Å². The van der Waals surface area contributed by atoms with Crippen LogP contribution in [-0.4, -0.2) is 0 Å². The van der Waals surface area contributed by atoms with Crippen LogP contribution in [0.25, 0.3) is 55.6 Å². The summed E-state index contributed by atoms with van der Waals surface area (Å²) in [6.45, 7) is 0. The maximum absolute atomic E-state index is 2.56. The van der Waals surface area contributed by atoms with Gasteiger partial charge in [-0.3, -0.25) is 0 Å². The molecule has 0 bridgehead atoms. The molecule has 0 N–H and O–H groups in total. The van der Waals surface area contributed by atoms with E-state index in [-0.39, 0.29) is 0 Å². The number of hydrogen-bond acceptors (Lipinski definition) is 1. The fourth-order valence-electron chi connectivity index (χ4n) is 10.8. The molecule has 0 fully saturated rings. The third-order valence-corrected chi connectivity index (χ3v) is 13.4. The van der Waals surface area contributed by atoms with Crippen molar-refractivity contribution in [3.63, 3.8) is 0 Å². The van der Waals surface area contributed by atoms with E-state index in [2.05, 4.69) is 248 Å². The van der Waals surface area contributed by atoms with Crippen molar-refractivity contribution in [3.05, 3.63) is 271 Å². The van der Waals surface area contributed by atoms with Gasteiger partial charge >= 0.3 is 0 Å². The molecule has 0 saturated heterocycles. The second-order valence-corrected chi connectivity index (χ2v) is 16.7. The van der Waals surface area contributed by atoms with E-state index in [1.54, 1.807) is 0 Å². The summed E-state index contributed by atoms with van der Waals surface area (Å²) in [5.41, 5.74) is 22.0. The van der Waals surface area contributed by atoms with Gasteiger partial charge < -0.3 is 4.90 Å². The first-order chi connectivity index (χ1) is 30.8. The first-order valence-electron chi connectivity index (χ1n) is 21.8. The van der Waals surface area contributed by atoms with Gasteiger partial charge in [0.2, 0.25) is 0 Å². The van der Waals surface area contributed by atoms with Gasteiger partial charge in [-0.25, -0.2) is 0 Å². The number of anilines is 3. The second kappa shape index (κ2) is 14.8. The average molecular weight is 790 g/mol. The summed E-state index contributed by atoms with van der Waals surface area (Å²) < 4.78 is 0. The van der Waals surface area contributed by atoms with E-state index in [0.29, 0.717) is 5.92 Å². The SMILES string of the molecule is C1=CCC(c2ccc3c(c2)C2(c4ccccc4-c4c(-c5ccccc5)cccc42)c2cccc(N(c4ccc(-c5ccccc5)cc4)c4ccccc4-c4ccccc4)c2-3)C=C1. The fraction of sp³-hybridized carbons (Fsp3) is 0.0492. The van der Waals surface area contributed by atoms with E-state index >= 15 is 0 Å². The van der Waals surface area contributed by atoms with Crippen molar-refractivity contribution in [2.24, 2.45) is 0 Å². The number of para-hydroxylation sites is 1. The van der Waals surface area contributed by atoms with Gasteiger partial charge in [-0.15, -0.1) is 0 Å². The number of nitrogens with zero attached hydrogens (tertiary/aromatic N) is 1. The molecule has 62 heavy (non-hydrogen) atoms. The van der Waals surface area contributed by atoms with E-state index in [9.17, 15) is 0 Å². The first kappa shape index (κ1) is 36.1. The Morgan fingerprint density at radius 3 is 1.65 bits per heavy atom. The van der Waals surface area contributed by atoms with Crippen LogP contribution in [0.3, 0.4) is 0 Å². The molecule has 0 radical (unpaired) electrons. The van der Waals surface area contributed by atoms with Crippen LogP contribution in [0, 0.1) is 0 Å². The molecule has 0 heterocycles. The van der Waals surface area contributed by atoms with Crippen molar-refractivity contribution in [2.45, 2.75) is 17.8 Å². The van der Waals surface area contributed by atoms with E-state index in [4.69, 9.17) is 0 Å². The molecule has 12 rings (SSSR count). The minimum Gasteiger partial charge on any atom is -0.309 e. The van der Waals surface area contributed by atoms with E-state index in [1.807, 2.05) is 0 Å². The largest absolute Gasteiger partial charge is 0.309 e. The van der Waals surface area contributed by atoms with Crippen molar-refractivity contribution in [1.82, 2.24) is 0 Å².